The Morgan fingerprint density at radius 3 is 2.37 bits per heavy atom. The van der Waals surface area contributed by atoms with E-state index in [1.54, 1.807) is 16.4 Å². The van der Waals surface area contributed by atoms with Crippen LogP contribution in [0.4, 0.5) is 0 Å². The first-order valence-corrected chi connectivity index (χ1v) is 8.51. The van der Waals surface area contributed by atoms with Gasteiger partial charge in [0.15, 0.2) is 0 Å². The summed E-state index contributed by atoms with van der Waals surface area (Å²) in [6, 6.07) is 6.90. The van der Waals surface area contributed by atoms with Crippen molar-refractivity contribution in [2.24, 2.45) is 5.92 Å². The van der Waals surface area contributed by atoms with Crippen LogP contribution in [0.25, 0.3) is 0 Å². The Morgan fingerprint density at radius 2 is 1.84 bits per heavy atom. The van der Waals surface area contributed by atoms with Crippen molar-refractivity contribution in [1.29, 1.82) is 0 Å². The van der Waals surface area contributed by atoms with Crippen LogP contribution in [0.3, 0.4) is 0 Å². The Balaban J connectivity index is 2.38. The summed E-state index contributed by atoms with van der Waals surface area (Å²) in [5.74, 6) is 0.230. The molecule has 19 heavy (non-hydrogen) atoms. The minimum Gasteiger partial charge on any atom is -0.207 e. The molecule has 0 amide bonds. The maximum absolute atomic E-state index is 12.7. The quantitative estimate of drug-likeness (QED) is 0.844. The van der Waals surface area contributed by atoms with Gasteiger partial charge in [-0.25, -0.2) is 8.42 Å². The Morgan fingerprint density at radius 1 is 1.26 bits per heavy atom. The third-order valence-corrected chi connectivity index (χ3v) is 5.97. The number of rotatable bonds is 3. The van der Waals surface area contributed by atoms with Crippen LogP contribution in [0.1, 0.15) is 19.4 Å². The zero-order valence-corrected chi connectivity index (χ0v) is 13.7. The zero-order valence-electron chi connectivity index (χ0n) is 11.3. The van der Waals surface area contributed by atoms with Gasteiger partial charge in [-0.15, -0.1) is 0 Å². The van der Waals surface area contributed by atoms with E-state index in [-0.39, 0.29) is 12.0 Å². The molecule has 0 saturated heterocycles. The predicted octanol–water partition coefficient (Wildman–Crippen LogP) is 3.30. The van der Waals surface area contributed by atoms with Gasteiger partial charge < -0.3 is 0 Å². The SMILES string of the molecule is Cc1ccc(S(=O)(=O)N2CC=C(Br)[C@H]2C(C)C)cc1. The Bertz CT molecular complexity index is 590. The summed E-state index contributed by atoms with van der Waals surface area (Å²) in [4.78, 5) is 0.361. The summed E-state index contributed by atoms with van der Waals surface area (Å²) in [6.45, 7) is 6.44. The fourth-order valence-electron chi connectivity index (χ4n) is 2.29. The second-order valence-electron chi connectivity index (χ2n) is 5.17. The first-order chi connectivity index (χ1) is 8.84. The maximum Gasteiger partial charge on any atom is 0.243 e. The molecule has 1 aromatic rings. The number of benzene rings is 1. The highest BCUT2D eigenvalue weighted by molar-refractivity contribution is 9.11. The molecule has 0 spiro atoms. The third-order valence-electron chi connectivity index (χ3n) is 3.32. The fraction of sp³-hybridized carbons (Fsp3) is 0.429. The molecule has 0 radical (unpaired) electrons. The highest BCUT2D eigenvalue weighted by atomic mass is 79.9. The normalized spacial score (nSPS) is 20.9. The van der Waals surface area contributed by atoms with Gasteiger partial charge in [0.2, 0.25) is 10.0 Å². The second-order valence-corrected chi connectivity index (χ2v) is 7.97. The molecule has 0 fully saturated rings. The number of hydrogen-bond acceptors (Lipinski definition) is 2. The summed E-state index contributed by atoms with van der Waals surface area (Å²) < 4.78 is 27.9. The number of halogens is 1. The number of sulfonamides is 1. The van der Waals surface area contributed by atoms with Crippen molar-refractivity contribution >= 4 is 26.0 Å². The van der Waals surface area contributed by atoms with Crippen LogP contribution in [0.5, 0.6) is 0 Å². The lowest BCUT2D eigenvalue weighted by molar-refractivity contribution is 0.341. The lowest BCUT2D eigenvalue weighted by atomic mass is 10.1. The van der Waals surface area contributed by atoms with Gasteiger partial charge in [0, 0.05) is 11.0 Å². The molecular formula is C14H18BrNO2S. The molecule has 0 saturated carbocycles. The molecule has 5 heteroatoms. The summed E-state index contributed by atoms with van der Waals surface area (Å²) in [7, 11) is -3.43. The van der Waals surface area contributed by atoms with Gasteiger partial charge in [0.05, 0.1) is 10.9 Å². The Kier molecular flexibility index (Phi) is 4.18. The Labute approximate surface area is 123 Å². The molecule has 1 aliphatic heterocycles. The van der Waals surface area contributed by atoms with Crippen LogP contribution in [-0.4, -0.2) is 25.3 Å². The minimum atomic E-state index is -3.43. The lowest BCUT2D eigenvalue weighted by Gasteiger charge is -2.28. The highest BCUT2D eigenvalue weighted by Gasteiger charge is 2.37. The fourth-order valence-corrected chi connectivity index (χ4v) is 5.03. The van der Waals surface area contributed by atoms with E-state index >= 15 is 0 Å². The average Bonchev–Trinajstić information content (AvgIpc) is 2.72. The molecule has 2 rings (SSSR count). The predicted molar refractivity (Wildman–Crippen MR) is 80.7 cm³/mol. The number of hydrogen-bond donors (Lipinski definition) is 0. The summed E-state index contributed by atoms with van der Waals surface area (Å²) in [5.41, 5.74) is 1.06. The van der Waals surface area contributed by atoms with Crippen LogP contribution < -0.4 is 0 Å². The maximum atomic E-state index is 12.7. The van der Waals surface area contributed by atoms with Gasteiger partial charge in [-0.1, -0.05) is 53.5 Å². The zero-order chi connectivity index (χ0) is 14.2. The van der Waals surface area contributed by atoms with Crippen molar-refractivity contribution in [3.63, 3.8) is 0 Å². The van der Waals surface area contributed by atoms with Gasteiger partial charge in [-0.2, -0.15) is 4.31 Å². The highest BCUT2D eigenvalue weighted by Crippen LogP contribution is 2.33. The van der Waals surface area contributed by atoms with Gasteiger partial charge in [-0.3, -0.25) is 0 Å². The van der Waals surface area contributed by atoms with E-state index in [1.807, 2.05) is 39.0 Å². The van der Waals surface area contributed by atoms with Crippen LogP contribution >= 0.6 is 15.9 Å². The third kappa shape index (κ3) is 2.78. The molecule has 0 N–H and O–H groups in total. The average molecular weight is 344 g/mol. The number of nitrogens with zero attached hydrogens (tertiary/aromatic N) is 1. The molecule has 1 heterocycles. The van der Waals surface area contributed by atoms with Crippen molar-refractivity contribution < 1.29 is 8.42 Å². The van der Waals surface area contributed by atoms with Gasteiger partial charge in [0.1, 0.15) is 0 Å². The second kappa shape index (κ2) is 5.38. The molecule has 0 aliphatic carbocycles. The van der Waals surface area contributed by atoms with E-state index in [4.69, 9.17) is 0 Å². The van der Waals surface area contributed by atoms with E-state index in [9.17, 15) is 8.42 Å². The molecule has 1 aromatic carbocycles. The largest absolute Gasteiger partial charge is 0.243 e. The number of aryl methyl sites for hydroxylation is 1. The van der Waals surface area contributed by atoms with Gasteiger partial charge in [0.25, 0.3) is 0 Å². The molecule has 0 unspecified atom stereocenters. The molecule has 1 aliphatic rings. The first kappa shape index (κ1) is 14.8. The summed E-state index contributed by atoms with van der Waals surface area (Å²) in [6.07, 6.45) is 1.93. The molecule has 0 bridgehead atoms. The van der Waals surface area contributed by atoms with Crippen molar-refractivity contribution in [3.05, 3.63) is 40.4 Å². The van der Waals surface area contributed by atoms with Crippen molar-refractivity contribution in [2.45, 2.75) is 31.7 Å². The van der Waals surface area contributed by atoms with E-state index in [0.717, 1.165) is 10.0 Å². The van der Waals surface area contributed by atoms with E-state index < -0.39 is 10.0 Å². The molecule has 3 nitrogen and oxygen atoms in total. The van der Waals surface area contributed by atoms with Crippen LogP contribution in [0.15, 0.2) is 39.7 Å². The summed E-state index contributed by atoms with van der Waals surface area (Å²) in [5, 5.41) is 0. The molecule has 1 atom stereocenters. The van der Waals surface area contributed by atoms with Gasteiger partial charge in [-0.05, 0) is 25.0 Å². The smallest absolute Gasteiger partial charge is 0.207 e. The summed E-state index contributed by atoms with van der Waals surface area (Å²) >= 11 is 3.48. The van der Waals surface area contributed by atoms with Crippen molar-refractivity contribution in [2.75, 3.05) is 6.54 Å². The topological polar surface area (TPSA) is 37.4 Å². The van der Waals surface area contributed by atoms with Crippen LogP contribution in [-0.2, 0) is 10.0 Å². The Hall–Kier alpha value is -0.650. The van der Waals surface area contributed by atoms with Gasteiger partial charge >= 0.3 is 0 Å². The van der Waals surface area contributed by atoms with E-state index in [0.29, 0.717) is 11.4 Å². The lowest BCUT2D eigenvalue weighted by Crippen LogP contribution is -2.39. The molecular weight excluding hydrogens is 326 g/mol. The van der Waals surface area contributed by atoms with Crippen molar-refractivity contribution in [1.82, 2.24) is 4.31 Å². The van der Waals surface area contributed by atoms with Crippen LogP contribution in [0.2, 0.25) is 0 Å². The van der Waals surface area contributed by atoms with Crippen LogP contribution in [0, 0.1) is 12.8 Å². The molecule has 104 valence electrons. The van der Waals surface area contributed by atoms with E-state index in [1.165, 1.54) is 0 Å². The van der Waals surface area contributed by atoms with Crippen molar-refractivity contribution in [3.8, 4) is 0 Å². The monoisotopic (exact) mass is 343 g/mol. The standard InChI is InChI=1S/C14H18BrNO2S/c1-10(2)14-13(15)8-9-16(14)19(17,18)12-6-4-11(3)5-7-12/h4-8,10,14H,9H2,1-3H3/t14-/m1/s1. The van der Waals surface area contributed by atoms with E-state index in [2.05, 4.69) is 15.9 Å². The first-order valence-electron chi connectivity index (χ1n) is 6.28. The minimum absolute atomic E-state index is 0.105. The molecule has 0 aromatic heterocycles.